The van der Waals surface area contributed by atoms with Crippen molar-refractivity contribution in [2.45, 2.75) is 32.2 Å². The van der Waals surface area contributed by atoms with E-state index in [9.17, 15) is 14.4 Å². The normalized spacial score (nSPS) is 27.3. The van der Waals surface area contributed by atoms with Gasteiger partial charge in [-0.1, -0.05) is 30.9 Å². The Hall–Kier alpha value is -2.08. The number of nitrogens with one attached hydrogen (secondary N) is 1. The summed E-state index contributed by atoms with van der Waals surface area (Å²) in [5.41, 5.74) is 1.14. The molecule has 3 amide bonds. The Morgan fingerprint density at radius 3 is 2.67 bits per heavy atom. The second-order valence-electron chi connectivity index (χ2n) is 4.84. The van der Waals surface area contributed by atoms with Gasteiger partial charge in [-0.2, -0.15) is 0 Å². The van der Waals surface area contributed by atoms with Crippen molar-refractivity contribution in [3.05, 3.63) is 36.0 Å². The molecule has 2 fully saturated rings. The molecule has 2 aliphatic heterocycles. The Morgan fingerprint density at radius 1 is 1.38 bits per heavy atom. The summed E-state index contributed by atoms with van der Waals surface area (Å²) in [6.45, 7) is 5.38. The molecule has 1 N–H and O–H groups in total. The summed E-state index contributed by atoms with van der Waals surface area (Å²) in [7, 11) is 0. The number of carbonyl (C=O) groups is 3. The zero-order valence-corrected chi connectivity index (χ0v) is 12.5. The Kier molecular flexibility index (Phi) is 4.47. The SMILES string of the molecule is C=C/C=C1/C(=O)N(C2CCC(=O)NC2=S)C(=O)C/C1=C/C. The highest BCUT2D eigenvalue weighted by Crippen LogP contribution is 2.28. The first-order valence-electron chi connectivity index (χ1n) is 6.68. The fraction of sp³-hybridized carbons (Fsp3) is 0.333. The highest BCUT2D eigenvalue weighted by molar-refractivity contribution is 7.80. The maximum atomic E-state index is 12.6. The number of nitrogens with zero attached hydrogens (tertiary/aromatic N) is 1. The van der Waals surface area contributed by atoms with Crippen LogP contribution in [0.2, 0.25) is 0 Å². The van der Waals surface area contributed by atoms with E-state index >= 15 is 0 Å². The molecule has 2 rings (SSSR count). The van der Waals surface area contributed by atoms with Gasteiger partial charge >= 0.3 is 0 Å². The van der Waals surface area contributed by atoms with Crippen molar-refractivity contribution < 1.29 is 14.4 Å². The lowest BCUT2D eigenvalue weighted by Gasteiger charge is -2.36. The molecule has 0 radical (unpaired) electrons. The van der Waals surface area contributed by atoms with Crippen LogP contribution in [-0.2, 0) is 14.4 Å². The minimum atomic E-state index is -0.552. The zero-order chi connectivity index (χ0) is 15.6. The van der Waals surface area contributed by atoms with Crippen LogP contribution in [0, 0.1) is 0 Å². The first-order valence-corrected chi connectivity index (χ1v) is 7.08. The van der Waals surface area contributed by atoms with Crippen LogP contribution in [0.25, 0.3) is 0 Å². The average molecular weight is 304 g/mol. The lowest BCUT2D eigenvalue weighted by Crippen LogP contribution is -2.57. The van der Waals surface area contributed by atoms with Gasteiger partial charge in [0, 0.05) is 12.0 Å². The van der Waals surface area contributed by atoms with Crippen molar-refractivity contribution in [2.75, 3.05) is 0 Å². The molecule has 5 nitrogen and oxygen atoms in total. The van der Waals surface area contributed by atoms with E-state index in [0.717, 1.165) is 0 Å². The van der Waals surface area contributed by atoms with Crippen LogP contribution < -0.4 is 5.32 Å². The van der Waals surface area contributed by atoms with E-state index in [0.29, 0.717) is 17.6 Å². The van der Waals surface area contributed by atoms with Gasteiger partial charge in [0.1, 0.15) is 4.99 Å². The number of thiocarbonyl (C=S) groups is 1. The molecule has 1 atom stereocenters. The molecule has 0 saturated carbocycles. The number of hydrogen-bond acceptors (Lipinski definition) is 4. The summed E-state index contributed by atoms with van der Waals surface area (Å²) in [6.07, 6.45) is 5.64. The van der Waals surface area contributed by atoms with Gasteiger partial charge in [0.2, 0.25) is 11.8 Å². The minimum absolute atomic E-state index is 0.148. The lowest BCUT2D eigenvalue weighted by molar-refractivity contribution is -0.145. The molecule has 0 spiro atoms. The van der Waals surface area contributed by atoms with Gasteiger partial charge in [-0.3, -0.25) is 19.3 Å². The van der Waals surface area contributed by atoms with E-state index in [1.54, 1.807) is 19.1 Å². The molecule has 6 heteroatoms. The monoisotopic (exact) mass is 304 g/mol. The molecule has 21 heavy (non-hydrogen) atoms. The number of carbonyl (C=O) groups excluding carboxylic acids is 3. The second-order valence-corrected chi connectivity index (χ2v) is 5.28. The molecule has 2 aliphatic rings. The number of allylic oxidation sites excluding steroid dienone is 3. The predicted molar refractivity (Wildman–Crippen MR) is 82.3 cm³/mol. The van der Waals surface area contributed by atoms with Crippen molar-refractivity contribution in [3.63, 3.8) is 0 Å². The second kappa shape index (κ2) is 6.13. The summed E-state index contributed by atoms with van der Waals surface area (Å²) in [6, 6.07) is -0.552. The number of imide groups is 1. The summed E-state index contributed by atoms with van der Waals surface area (Å²) < 4.78 is 0. The third kappa shape index (κ3) is 2.85. The third-order valence-electron chi connectivity index (χ3n) is 3.56. The number of piperidine rings is 2. The Labute approximate surface area is 128 Å². The van der Waals surface area contributed by atoms with Crippen LogP contribution in [0.5, 0.6) is 0 Å². The number of rotatable bonds is 2. The number of likely N-dealkylation sites (tertiary alicyclic amines) is 1. The van der Waals surface area contributed by atoms with E-state index < -0.39 is 6.04 Å². The third-order valence-corrected chi connectivity index (χ3v) is 3.93. The van der Waals surface area contributed by atoms with Crippen LogP contribution in [0.3, 0.4) is 0 Å². The summed E-state index contributed by atoms with van der Waals surface area (Å²) in [5.74, 6) is -0.857. The van der Waals surface area contributed by atoms with Crippen LogP contribution >= 0.6 is 12.2 Å². The quantitative estimate of drug-likeness (QED) is 0.476. The van der Waals surface area contributed by atoms with Crippen LogP contribution in [-0.4, -0.2) is 33.7 Å². The molecule has 0 aromatic heterocycles. The summed E-state index contributed by atoms with van der Waals surface area (Å²) >= 11 is 5.12. The molecule has 2 saturated heterocycles. The van der Waals surface area contributed by atoms with Crippen molar-refractivity contribution in [2.24, 2.45) is 0 Å². The first-order chi connectivity index (χ1) is 9.99. The highest BCUT2D eigenvalue weighted by Gasteiger charge is 2.40. The highest BCUT2D eigenvalue weighted by atomic mass is 32.1. The fourth-order valence-corrected chi connectivity index (χ4v) is 2.86. The predicted octanol–water partition coefficient (Wildman–Crippen LogP) is 1.41. The fourth-order valence-electron chi connectivity index (χ4n) is 2.52. The van der Waals surface area contributed by atoms with Gasteiger partial charge in [-0.25, -0.2) is 0 Å². The van der Waals surface area contributed by atoms with Crippen LogP contribution in [0.4, 0.5) is 0 Å². The summed E-state index contributed by atoms with van der Waals surface area (Å²) in [4.78, 5) is 37.6. The molecule has 0 aliphatic carbocycles. The number of amides is 3. The standard InChI is InChI=1S/C15H16N2O3S/c1-3-5-10-9(4-2)8-13(19)17(15(10)20)11-6-7-12(18)16-14(11)21/h3-5,11H,1,6-8H2,2H3,(H,16,18,21)/b9-4-,10-5+. The summed E-state index contributed by atoms with van der Waals surface area (Å²) in [5, 5.41) is 2.53. The maximum absolute atomic E-state index is 12.6. The molecule has 0 bridgehead atoms. The smallest absolute Gasteiger partial charge is 0.261 e. The Morgan fingerprint density at radius 2 is 2.10 bits per heavy atom. The van der Waals surface area contributed by atoms with Crippen molar-refractivity contribution >= 4 is 34.9 Å². The average Bonchev–Trinajstić information content (AvgIpc) is 2.44. The van der Waals surface area contributed by atoms with E-state index in [2.05, 4.69) is 11.9 Å². The van der Waals surface area contributed by atoms with Crippen molar-refractivity contribution in [3.8, 4) is 0 Å². The number of hydrogen-bond donors (Lipinski definition) is 1. The lowest BCUT2D eigenvalue weighted by atomic mass is 9.92. The van der Waals surface area contributed by atoms with Gasteiger partial charge in [0.25, 0.3) is 5.91 Å². The van der Waals surface area contributed by atoms with Gasteiger partial charge in [-0.15, -0.1) is 0 Å². The molecule has 0 aromatic rings. The maximum Gasteiger partial charge on any atom is 0.261 e. The molecular weight excluding hydrogens is 288 g/mol. The van der Waals surface area contributed by atoms with E-state index in [4.69, 9.17) is 12.2 Å². The molecule has 1 unspecified atom stereocenters. The van der Waals surface area contributed by atoms with E-state index in [1.807, 2.05) is 0 Å². The van der Waals surface area contributed by atoms with Crippen molar-refractivity contribution in [1.82, 2.24) is 10.2 Å². The van der Waals surface area contributed by atoms with Gasteiger partial charge in [0.05, 0.1) is 12.5 Å². The first kappa shape index (κ1) is 15.3. The van der Waals surface area contributed by atoms with Crippen LogP contribution in [0.15, 0.2) is 36.0 Å². The van der Waals surface area contributed by atoms with E-state index in [1.165, 1.54) is 11.0 Å². The topological polar surface area (TPSA) is 66.5 Å². The molecular formula is C15H16N2O3S. The Bertz CT molecular complexity index is 604. The van der Waals surface area contributed by atoms with E-state index in [-0.39, 0.29) is 35.6 Å². The molecule has 2 heterocycles. The molecule has 0 aromatic carbocycles. The van der Waals surface area contributed by atoms with Gasteiger partial charge in [0.15, 0.2) is 0 Å². The Balaban J connectivity index is 2.35. The molecule has 110 valence electrons. The largest absolute Gasteiger partial charge is 0.319 e. The van der Waals surface area contributed by atoms with Gasteiger partial charge in [-0.05, 0) is 25.0 Å². The van der Waals surface area contributed by atoms with Crippen molar-refractivity contribution in [1.29, 1.82) is 0 Å². The minimum Gasteiger partial charge on any atom is -0.319 e. The van der Waals surface area contributed by atoms with Crippen LogP contribution in [0.1, 0.15) is 26.2 Å². The zero-order valence-electron chi connectivity index (χ0n) is 11.7. The van der Waals surface area contributed by atoms with Gasteiger partial charge < -0.3 is 5.32 Å².